The largest absolute Gasteiger partial charge is 0.497 e. The van der Waals surface area contributed by atoms with Gasteiger partial charge in [-0.1, -0.05) is 41.4 Å². The fourth-order valence-electron chi connectivity index (χ4n) is 3.15. The van der Waals surface area contributed by atoms with E-state index in [2.05, 4.69) is 5.32 Å². The fourth-order valence-corrected chi connectivity index (χ4v) is 4.70. The molecule has 0 aromatic heterocycles. The number of anilines is 1. The van der Waals surface area contributed by atoms with Gasteiger partial charge in [-0.2, -0.15) is 0 Å². The number of hydrogen-bond donors (Lipinski definition) is 1. The number of carbonyl (C=O) groups excluding carboxylic acids is 1. The second-order valence-electron chi connectivity index (χ2n) is 7.36. The van der Waals surface area contributed by atoms with Gasteiger partial charge in [0.2, 0.25) is 5.91 Å². The van der Waals surface area contributed by atoms with Crippen molar-refractivity contribution in [2.45, 2.75) is 24.8 Å². The Balaban J connectivity index is 1.85. The number of ether oxygens (including phenoxy) is 1. The van der Waals surface area contributed by atoms with Gasteiger partial charge < -0.3 is 10.1 Å². The Hall–Kier alpha value is -3.03. The zero-order chi connectivity index (χ0) is 23.3. The van der Waals surface area contributed by atoms with Crippen molar-refractivity contribution in [2.24, 2.45) is 0 Å². The minimum absolute atomic E-state index is 0.0541. The standard InChI is InChI=1S/C24H25ClN2O4S/c1-17-4-10-21(11-5-17)27(32(29,30)23-14-8-20(25)9-15-23)16-24(28)26-18(2)19-6-12-22(31-3)13-7-19/h4-15,18H,16H2,1-3H3,(H,26,28)/t18-/m0/s1. The molecule has 1 N–H and O–H groups in total. The van der Waals surface area contributed by atoms with Crippen LogP contribution in [0.1, 0.15) is 24.1 Å². The average Bonchev–Trinajstić information content (AvgIpc) is 2.78. The molecule has 1 amide bonds. The number of rotatable bonds is 8. The van der Waals surface area contributed by atoms with Crippen LogP contribution in [0.25, 0.3) is 0 Å². The molecule has 0 aliphatic rings. The summed E-state index contributed by atoms with van der Waals surface area (Å²) < 4.78 is 33.0. The van der Waals surface area contributed by atoms with Gasteiger partial charge in [0.15, 0.2) is 0 Å². The molecule has 0 aliphatic carbocycles. The Morgan fingerprint density at radius 2 is 1.59 bits per heavy atom. The van der Waals surface area contributed by atoms with Crippen molar-refractivity contribution in [3.8, 4) is 5.75 Å². The molecule has 8 heteroatoms. The van der Waals surface area contributed by atoms with E-state index in [-0.39, 0.29) is 17.5 Å². The highest BCUT2D eigenvalue weighted by Gasteiger charge is 2.27. The van der Waals surface area contributed by atoms with Crippen molar-refractivity contribution in [2.75, 3.05) is 18.0 Å². The van der Waals surface area contributed by atoms with Gasteiger partial charge >= 0.3 is 0 Å². The molecule has 168 valence electrons. The normalized spacial score (nSPS) is 12.1. The van der Waals surface area contributed by atoms with E-state index in [1.165, 1.54) is 24.3 Å². The first-order chi connectivity index (χ1) is 15.2. The quantitative estimate of drug-likeness (QED) is 0.514. The lowest BCUT2D eigenvalue weighted by atomic mass is 10.1. The molecular weight excluding hydrogens is 448 g/mol. The summed E-state index contributed by atoms with van der Waals surface area (Å²) in [5.41, 5.74) is 2.26. The van der Waals surface area contributed by atoms with Gasteiger partial charge in [-0.05, 0) is 67.9 Å². The summed E-state index contributed by atoms with van der Waals surface area (Å²) in [6.07, 6.45) is 0. The number of sulfonamides is 1. The second-order valence-corrected chi connectivity index (χ2v) is 9.66. The Kier molecular flexibility index (Phi) is 7.43. The van der Waals surface area contributed by atoms with E-state index in [9.17, 15) is 13.2 Å². The van der Waals surface area contributed by atoms with Gasteiger partial charge in [0, 0.05) is 5.02 Å². The van der Waals surface area contributed by atoms with Crippen LogP contribution in [-0.4, -0.2) is 28.0 Å². The van der Waals surface area contributed by atoms with Gasteiger partial charge in [-0.15, -0.1) is 0 Å². The monoisotopic (exact) mass is 472 g/mol. The minimum atomic E-state index is -3.99. The Morgan fingerprint density at radius 3 is 2.16 bits per heavy atom. The summed E-state index contributed by atoms with van der Waals surface area (Å²) in [4.78, 5) is 12.9. The van der Waals surface area contributed by atoms with Crippen LogP contribution in [-0.2, 0) is 14.8 Å². The molecule has 0 heterocycles. The first kappa shape index (κ1) is 23.6. The van der Waals surface area contributed by atoms with Gasteiger partial charge in [0.25, 0.3) is 10.0 Å². The van der Waals surface area contributed by atoms with Crippen LogP contribution in [0, 0.1) is 6.92 Å². The molecule has 32 heavy (non-hydrogen) atoms. The molecule has 1 atom stereocenters. The van der Waals surface area contributed by atoms with Crippen molar-refractivity contribution in [3.63, 3.8) is 0 Å². The van der Waals surface area contributed by atoms with Crippen LogP contribution < -0.4 is 14.4 Å². The lowest BCUT2D eigenvalue weighted by molar-refractivity contribution is -0.120. The highest BCUT2D eigenvalue weighted by Crippen LogP contribution is 2.25. The summed E-state index contributed by atoms with van der Waals surface area (Å²) in [6, 6.07) is 19.9. The second kappa shape index (κ2) is 10.1. The van der Waals surface area contributed by atoms with E-state index in [1.54, 1.807) is 31.4 Å². The maximum Gasteiger partial charge on any atom is 0.264 e. The summed E-state index contributed by atoms with van der Waals surface area (Å²) in [7, 11) is -2.41. The van der Waals surface area contributed by atoms with E-state index in [1.807, 2.05) is 38.1 Å². The summed E-state index contributed by atoms with van der Waals surface area (Å²) in [5, 5.41) is 3.30. The van der Waals surface area contributed by atoms with E-state index < -0.39 is 15.9 Å². The van der Waals surface area contributed by atoms with Crippen LogP contribution in [0.5, 0.6) is 5.75 Å². The van der Waals surface area contributed by atoms with E-state index in [0.717, 1.165) is 15.4 Å². The molecule has 0 unspecified atom stereocenters. The van der Waals surface area contributed by atoms with Gasteiger partial charge in [0.05, 0.1) is 23.7 Å². The third-order valence-electron chi connectivity index (χ3n) is 5.00. The summed E-state index contributed by atoms with van der Waals surface area (Å²) in [5.74, 6) is 0.290. The van der Waals surface area contributed by atoms with E-state index in [0.29, 0.717) is 16.5 Å². The average molecular weight is 473 g/mol. The number of amides is 1. The maximum absolute atomic E-state index is 13.4. The predicted octanol–water partition coefficient (Wildman–Crippen LogP) is 4.73. The van der Waals surface area contributed by atoms with Crippen LogP contribution in [0.3, 0.4) is 0 Å². The number of benzene rings is 3. The Labute approximate surface area is 193 Å². The third kappa shape index (κ3) is 5.60. The first-order valence-corrected chi connectivity index (χ1v) is 11.8. The van der Waals surface area contributed by atoms with Crippen molar-refractivity contribution in [3.05, 3.63) is 88.9 Å². The molecule has 0 spiro atoms. The van der Waals surface area contributed by atoms with Gasteiger partial charge in [0.1, 0.15) is 12.3 Å². The van der Waals surface area contributed by atoms with Crippen LogP contribution in [0.15, 0.2) is 77.7 Å². The van der Waals surface area contributed by atoms with Gasteiger partial charge in [-0.25, -0.2) is 8.42 Å². The Morgan fingerprint density at radius 1 is 1.00 bits per heavy atom. The van der Waals surface area contributed by atoms with Crippen molar-refractivity contribution >= 4 is 33.2 Å². The number of nitrogens with one attached hydrogen (secondary N) is 1. The molecule has 0 fully saturated rings. The number of nitrogens with zero attached hydrogens (tertiary/aromatic N) is 1. The van der Waals surface area contributed by atoms with Crippen LogP contribution in [0.4, 0.5) is 5.69 Å². The molecule has 0 radical (unpaired) electrons. The molecule has 6 nitrogen and oxygen atoms in total. The number of aryl methyl sites for hydroxylation is 1. The van der Waals surface area contributed by atoms with E-state index >= 15 is 0 Å². The maximum atomic E-state index is 13.4. The van der Waals surface area contributed by atoms with Crippen LogP contribution in [0.2, 0.25) is 5.02 Å². The number of methoxy groups -OCH3 is 1. The highest BCUT2D eigenvalue weighted by molar-refractivity contribution is 7.92. The van der Waals surface area contributed by atoms with Gasteiger partial charge in [-0.3, -0.25) is 9.10 Å². The minimum Gasteiger partial charge on any atom is -0.497 e. The van der Waals surface area contributed by atoms with Crippen molar-refractivity contribution in [1.29, 1.82) is 0 Å². The highest BCUT2D eigenvalue weighted by atomic mass is 35.5. The van der Waals surface area contributed by atoms with Crippen molar-refractivity contribution in [1.82, 2.24) is 5.32 Å². The molecule has 0 saturated heterocycles. The molecule has 0 bridgehead atoms. The number of halogens is 1. The van der Waals surface area contributed by atoms with Crippen LogP contribution >= 0.6 is 11.6 Å². The zero-order valence-electron chi connectivity index (χ0n) is 18.1. The fraction of sp³-hybridized carbons (Fsp3) is 0.208. The molecule has 3 rings (SSSR count). The Bertz CT molecular complexity index is 1160. The smallest absolute Gasteiger partial charge is 0.264 e. The molecule has 3 aromatic carbocycles. The molecular formula is C24H25ClN2O4S. The summed E-state index contributed by atoms with van der Waals surface area (Å²) >= 11 is 5.91. The predicted molar refractivity (Wildman–Crippen MR) is 127 cm³/mol. The molecule has 0 saturated carbocycles. The number of carbonyl (C=O) groups is 1. The topological polar surface area (TPSA) is 75.7 Å². The lowest BCUT2D eigenvalue weighted by Gasteiger charge is -2.25. The summed E-state index contributed by atoms with van der Waals surface area (Å²) in [6.45, 7) is 3.38. The zero-order valence-corrected chi connectivity index (χ0v) is 19.7. The molecule has 3 aromatic rings. The third-order valence-corrected chi connectivity index (χ3v) is 7.04. The first-order valence-electron chi connectivity index (χ1n) is 9.99. The SMILES string of the molecule is COc1ccc([C@H](C)NC(=O)CN(c2ccc(C)cc2)S(=O)(=O)c2ccc(Cl)cc2)cc1. The molecule has 0 aliphatic heterocycles. The lowest BCUT2D eigenvalue weighted by Crippen LogP contribution is -2.41. The van der Waals surface area contributed by atoms with E-state index in [4.69, 9.17) is 16.3 Å². The number of hydrogen-bond acceptors (Lipinski definition) is 4. The van der Waals surface area contributed by atoms with Crippen molar-refractivity contribution < 1.29 is 17.9 Å².